The first-order chi connectivity index (χ1) is 12.3. The van der Waals surface area contributed by atoms with Crippen molar-refractivity contribution in [3.8, 4) is 0 Å². The first-order valence-corrected chi connectivity index (χ1v) is 10.8. The number of anilines is 2. The molecule has 0 atom stereocenters. The molecule has 0 spiro atoms. The molecule has 0 aromatic heterocycles. The number of carbonyl (C=O) groups is 1. The zero-order chi connectivity index (χ0) is 19.2. The number of para-hydroxylation sites is 2. The maximum Gasteiger partial charge on any atom is 0.232 e. The minimum Gasteiger partial charge on any atom is -0.378 e. The molecule has 26 heavy (non-hydrogen) atoms. The number of rotatable bonds is 8. The van der Waals surface area contributed by atoms with E-state index in [0.29, 0.717) is 25.3 Å². The molecule has 1 aliphatic rings. The highest BCUT2D eigenvalue weighted by atomic mass is 32.2. The summed E-state index contributed by atoms with van der Waals surface area (Å²) in [6, 6.07) is 7.46. The molecule has 0 bridgehead atoms. The van der Waals surface area contributed by atoms with Crippen LogP contribution < -0.4 is 14.5 Å². The van der Waals surface area contributed by atoms with Gasteiger partial charge in [-0.2, -0.15) is 0 Å². The highest BCUT2D eigenvalue weighted by Gasteiger charge is 2.23. The molecule has 2 rings (SSSR count). The van der Waals surface area contributed by atoms with E-state index in [1.54, 1.807) is 0 Å². The molecule has 146 valence electrons. The van der Waals surface area contributed by atoms with Crippen LogP contribution in [-0.2, 0) is 19.6 Å². The maximum absolute atomic E-state index is 12.4. The second-order valence-corrected chi connectivity index (χ2v) is 8.78. The number of morpholine rings is 1. The monoisotopic (exact) mass is 383 g/mol. The number of nitrogens with one attached hydrogen (secondary N) is 1. The van der Waals surface area contributed by atoms with E-state index >= 15 is 0 Å². The number of carbonyl (C=O) groups excluding carboxylic acids is 1. The third-order valence-corrected chi connectivity index (χ3v) is 5.31. The van der Waals surface area contributed by atoms with Gasteiger partial charge < -0.3 is 15.0 Å². The van der Waals surface area contributed by atoms with E-state index < -0.39 is 10.0 Å². The SMILES string of the molecule is CC(C)CC(=O)NCCN(c1ccccc1N1CCOCC1)S(C)(=O)=O. The largest absolute Gasteiger partial charge is 0.378 e. The molecule has 1 amide bonds. The van der Waals surface area contributed by atoms with Crippen LogP contribution in [0.4, 0.5) is 11.4 Å². The minimum atomic E-state index is -3.48. The molecule has 7 nitrogen and oxygen atoms in total. The fourth-order valence-corrected chi connectivity index (χ4v) is 3.89. The van der Waals surface area contributed by atoms with Gasteiger partial charge in [-0.25, -0.2) is 8.42 Å². The van der Waals surface area contributed by atoms with Crippen LogP contribution in [0.3, 0.4) is 0 Å². The summed E-state index contributed by atoms with van der Waals surface area (Å²) in [4.78, 5) is 14.0. The van der Waals surface area contributed by atoms with Gasteiger partial charge in [-0.1, -0.05) is 26.0 Å². The number of benzene rings is 1. The lowest BCUT2D eigenvalue weighted by molar-refractivity contribution is -0.121. The van der Waals surface area contributed by atoms with Gasteiger partial charge in [0.15, 0.2) is 0 Å². The number of hydrogen-bond donors (Lipinski definition) is 1. The Morgan fingerprint density at radius 2 is 1.92 bits per heavy atom. The Kier molecular flexibility index (Phi) is 7.28. The lowest BCUT2D eigenvalue weighted by Crippen LogP contribution is -2.41. The average Bonchev–Trinajstić information content (AvgIpc) is 2.58. The zero-order valence-corrected chi connectivity index (χ0v) is 16.6. The standard InChI is InChI=1S/C18H29N3O4S/c1-15(2)14-18(22)19-8-9-21(26(3,23)24)17-7-5-4-6-16(17)20-10-12-25-13-11-20/h4-7,15H,8-14H2,1-3H3,(H,19,22). The molecule has 1 aromatic carbocycles. The van der Waals surface area contributed by atoms with Crippen LogP contribution in [0.5, 0.6) is 0 Å². The van der Waals surface area contributed by atoms with E-state index in [0.717, 1.165) is 18.8 Å². The predicted molar refractivity (Wildman–Crippen MR) is 104 cm³/mol. The molecule has 8 heteroatoms. The molecular weight excluding hydrogens is 354 g/mol. The first kappa shape index (κ1) is 20.5. The van der Waals surface area contributed by atoms with Gasteiger partial charge >= 0.3 is 0 Å². The van der Waals surface area contributed by atoms with Crippen LogP contribution in [-0.4, -0.2) is 60.0 Å². The Morgan fingerprint density at radius 1 is 1.27 bits per heavy atom. The Balaban J connectivity index is 2.16. The van der Waals surface area contributed by atoms with Crippen molar-refractivity contribution in [3.63, 3.8) is 0 Å². The average molecular weight is 384 g/mol. The van der Waals surface area contributed by atoms with Gasteiger partial charge in [0.05, 0.1) is 37.4 Å². The van der Waals surface area contributed by atoms with Crippen LogP contribution in [0.25, 0.3) is 0 Å². The lowest BCUT2D eigenvalue weighted by Gasteiger charge is -2.33. The number of sulfonamides is 1. The van der Waals surface area contributed by atoms with Crippen molar-refractivity contribution >= 4 is 27.3 Å². The zero-order valence-electron chi connectivity index (χ0n) is 15.8. The first-order valence-electron chi connectivity index (χ1n) is 8.95. The van der Waals surface area contributed by atoms with Gasteiger partial charge in [-0.3, -0.25) is 9.10 Å². The smallest absolute Gasteiger partial charge is 0.232 e. The topological polar surface area (TPSA) is 79.0 Å². The van der Waals surface area contributed by atoms with Crippen LogP contribution in [0.2, 0.25) is 0 Å². The molecule has 1 fully saturated rings. The summed E-state index contributed by atoms with van der Waals surface area (Å²) in [7, 11) is -3.48. The summed E-state index contributed by atoms with van der Waals surface area (Å²) in [5.41, 5.74) is 1.50. The van der Waals surface area contributed by atoms with E-state index in [-0.39, 0.29) is 24.9 Å². The third kappa shape index (κ3) is 5.88. The van der Waals surface area contributed by atoms with Crippen LogP contribution >= 0.6 is 0 Å². The maximum atomic E-state index is 12.4. The quantitative estimate of drug-likeness (QED) is 0.735. The van der Waals surface area contributed by atoms with Crippen molar-refractivity contribution < 1.29 is 17.9 Å². The van der Waals surface area contributed by atoms with Gasteiger partial charge in [0.2, 0.25) is 15.9 Å². The normalized spacial score (nSPS) is 15.2. The van der Waals surface area contributed by atoms with Gasteiger partial charge in [-0.15, -0.1) is 0 Å². The molecule has 1 aliphatic heterocycles. The third-order valence-electron chi connectivity index (χ3n) is 4.13. The van der Waals surface area contributed by atoms with Crippen molar-refractivity contribution in [2.24, 2.45) is 5.92 Å². The molecule has 1 saturated heterocycles. The van der Waals surface area contributed by atoms with Gasteiger partial charge in [0.25, 0.3) is 0 Å². The number of nitrogens with zero attached hydrogens (tertiary/aromatic N) is 2. The van der Waals surface area contributed by atoms with Crippen molar-refractivity contribution in [1.82, 2.24) is 5.32 Å². The Morgan fingerprint density at radius 3 is 2.54 bits per heavy atom. The van der Waals surface area contributed by atoms with E-state index in [4.69, 9.17) is 4.74 Å². The molecule has 1 heterocycles. The fraction of sp³-hybridized carbons (Fsp3) is 0.611. The van der Waals surface area contributed by atoms with Crippen LogP contribution in [0.1, 0.15) is 20.3 Å². The number of amides is 1. The van der Waals surface area contributed by atoms with Crippen molar-refractivity contribution in [2.45, 2.75) is 20.3 Å². The van der Waals surface area contributed by atoms with Crippen LogP contribution in [0.15, 0.2) is 24.3 Å². The molecule has 1 N–H and O–H groups in total. The minimum absolute atomic E-state index is 0.0603. The second kappa shape index (κ2) is 9.23. The Bertz CT molecular complexity index is 700. The summed E-state index contributed by atoms with van der Waals surface area (Å²) in [5, 5.41) is 2.81. The summed E-state index contributed by atoms with van der Waals surface area (Å²) in [6.45, 7) is 7.11. The van der Waals surface area contributed by atoms with E-state index in [9.17, 15) is 13.2 Å². The molecule has 0 aliphatic carbocycles. The van der Waals surface area contributed by atoms with Crippen LogP contribution in [0, 0.1) is 5.92 Å². The number of hydrogen-bond acceptors (Lipinski definition) is 5. The van der Waals surface area contributed by atoms with E-state index in [1.807, 2.05) is 38.1 Å². The molecule has 1 aromatic rings. The van der Waals surface area contributed by atoms with Gasteiger partial charge in [0, 0.05) is 26.1 Å². The highest BCUT2D eigenvalue weighted by molar-refractivity contribution is 7.92. The molecule has 0 saturated carbocycles. The van der Waals surface area contributed by atoms with Crippen molar-refractivity contribution in [1.29, 1.82) is 0 Å². The summed E-state index contributed by atoms with van der Waals surface area (Å²) in [6.07, 6.45) is 1.63. The molecule has 0 unspecified atom stereocenters. The Labute approximate surface area is 156 Å². The van der Waals surface area contributed by atoms with E-state index in [1.165, 1.54) is 10.6 Å². The lowest BCUT2D eigenvalue weighted by atomic mass is 10.1. The summed E-state index contributed by atoms with van der Waals surface area (Å²) < 4.78 is 31.5. The predicted octanol–water partition coefficient (Wildman–Crippen LogP) is 1.45. The number of ether oxygens (including phenoxy) is 1. The fourth-order valence-electron chi connectivity index (χ4n) is 2.95. The molecular formula is C18H29N3O4S. The second-order valence-electron chi connectivity index (χ2n) is 6.87. The van der Waals surface area contributed by atoms with E-state index in [2.05, 4.69) is 10.2 Å². The van der Waals surface area contributed by atoms with Gasteiger partial charge in [-0.05, 0) is 18.1 Å². The van der Waals surface area contributed by atoms with Gasteiger partial charge in [0.1, 0.15) is 0 Å². The highest BCUT2D eigenvalue weighted by Crippen LogP contribution is 2.31. The Hall–Kier alpha value is -1.80. The summed E-state index contributed by atoms with van der Waals surface area (Å²) >= 11 is 0. The van der Waals surface area contributed by atoms with Crippen molar-refractivity contribution in [3.05, 3.63) is 24.3 Å². The molecule has 0 radical (unpaired) electrons. The summed E-state index contributed by atoms with van der Waals surface area (Å²) in [5.74, 6) is 0.206. The van der Waals surface area contributed by atoms with Crippen molar-refractivity contribution in [2.75, 3.05) is 54.9 Å².